The van der Waals surface area contributed by atoms with E-state index in [1.54, 1.807) is 43.1 Å². The molecule has 2 rings (SSSR count). The molecule has 1 aliphatic heterocycles. The van der Waals surface area contributed by atoms with Crippen LogP contribution in [0.25, 0.3) is 0 Å². The Hall–Kier alpha value is -2.41. The van der Waals surface area contributed by atoms with Crippen molar-refractivity contribution in [3.8, 4) is 0 Å². The summed E-state index contributed by atoms with van der Waals surface area (Å²) in [6.45, 7) is 3.45. The Morgan fingerprint density at radius 3 is 2.58 bits per heavy atom. The molecular formula is C19H27N3O4. The number of hydrogen-bond acceptors (Lipinski definition) is 5. The van der Waals surface area contributed by atoms with E-state index in [1.807, 2.05) is 0 Å². The predicted molar refractivity (Wildman–Crippen MR) is 97.2 cm³/mol. The first-order chi connectivity index (χ1) is 12.5. The largest absolute Gasteiger partial charge is 0.466 e. The van der Waals surface area contributed by atoms with Crippen LogP contribution < -0.4 is 5.73 Å². The van der Waals surface area contributed by atoms with Gasteiger partial charge in [-0.2, -0.15) is 0 Å². The second kappa shape index (κ2) is 9.33. The molecule has 1 aromatic rings. The molecule has 1 heterocycles. The van der Waals surface area contributed by atoms with Crippen LogP contribution in [0.3, 0.4) is 0 Å². The third-order valence-corrected chi connectivity index (χ3v) is 4.55. The zero-order chi connectivity index (χ0) is 19.1. The van der Waals surface area contributed by atoms with Crippen LogP contribution in [-0.2, 0) is 20.9 Å². The molecule has 26 heavy (non-hydrogen) atoms. The summed E-state index contributed by atoms with van der Waals surface area (Å²) in [6.07, 6.45) is 1.48. The smallest absolute Gasteiger partial charge is 0.310 e. The lowest BCUT2D eigenvalue weighted by atomic mass is 9.98. The van der Waals surface area contributed by atoms with E-state index in [0.29, 0.717) is 31.8 Å². The third kappa shape index (κ3) is 5.05. The fraction of sp³-hybridized carbons (Fsp3) is 0.526. The van der Waals surface area contributed by atoms with E-state index in [4.69, 9.17) is 10.5 Å². The van der Waals surface area contributed by atoms with Crippen LogP contribution in [0.15, 0.2) is 24.3 Å². The Bertz CT molecular complexity index is 645. The molecule has 1 aromatic carbocycles. The lowest BCUT2D eigenvalue weighted by molar-refractivity contribution is -0.151. The predicted octanol–water partition coefficient (Wildman–Crippen LogP) is 1.02. The topological polar surface area (TPSA) is 92.9 Å². The standard InChI is InChI=1S/C19H27N3O4/c1-3-26-19(25)16-5-4-10-22(12-16)17(23)13-21(2)18(24)15-8-6-14(11-20)7-9-15/h6-9,16H,3-5,10-13,20H2,1-2H3. The molecule has 7 heteroatoms. The normalized spacial score (nSPS) is 16.9. The van der Waals surface area contributed by atoms with Crippen molar-refractivity contribution in [2.24, 2.45) is 11.7 Å². The van der Waals surface area contributed by atoms with Crippen molar-refractivity contribution >= 4 is 17.8 Å². The average molecular weight is 361 g/mol. The monoisotopic (exact) mass is 361 g/mol. The first-order valence-corrected chi connectivity index (χ1v) is 8.95. The summed E-state index contributed by atoms with van der Waals surface area (Å²) in [5, 5.41) is 0. The molecule has 2 amide bonds. The minimum Gasteiger partial charge on any atom is -0.466 e. The van der Waals surface area contributed by atoms with Gasteiger partial charge in [-0.15, -0.1) is 0 Å². The Morgan fingerprint density at radius 1 is 1.27 bits per heavy atom. The van der Waals surface area contributed by atoms with Crippen LogP contribution >= 0.6 is 0 Å². The van der Waals surface area contributed by atoms with Crippen molar-refractivity contribution in [1.29, 1.82) is 0 Å². The van der Waals surface area contributed by atoms with Crippen LogP contribution in [0.2, 0.25) is 0 Å². The van der Waals surface area contributed by atoms with Gasteiger partial charge in [-0.25, -0.2) is 0 Å². The zero-order valence-corrected chi connectivity index (χ0v) is 15.4. The number of carbonyl (C=O) groups excluding carboxylic acids is 3. The van der Waals surface area contributed by atoms with Crippen molar-refractivity contribution in [3.63, 3.8) is 0 Å². The number of likely N-dealkylation sites (tertiary alicyclic amines) is 1. The molecule has 1 fully saturated rings. The summed E-state index contributed by atoms with van der Waals surface area (Å²) < 4.78 is 5.06. The van der Waals surface area contributed by atoms with Crippen LogP contribution in [0.1, 0.15) is 35.7 Å². The maximum Gasteiger partial charge on any atom is 0.310 e. The maximum atomic E-state index is 12.5. The van der Waals surface area contributed by atoms with Crippen molar-refractivity contribution in [2.75, 3.05) is 33.3 Å². The molecule has 7 nitrogen and oxygen atoms in total. The summed E-state index contributed by atoms with van der Waals surface area (Å²) in [5.41, 5.74) is 7.01. The highest BCUT2D eigenvalue weighted by molar-refractivity contribution is 5.96. The zero-order valence-electron chi connectivity index (χ0n) is 15.4. The minimum absolute atomic E-state index is 0.0208. The molecule has 0 bridgehead atoms. The van der Waals surface area contributed by atoms with Gasteiger partial charge in [0, 0.05) is 32.2 Å². The first-order valence-electron chi connectivity index (χ1n) is 8.95. The molecule has 0 aromatic heterocycles. The van der Waals surface area contributed by atoms with Crippen LogP contribution in [0.5, 0.6) is 0 Å². The molecule has 0 saturated carbocycles. The molecule has 0 radical (unpaired) electrons. The van der Waals surface area contributed by atoms with E-state index >= 15 is 0 Å². The number of esters is 1. The van der Waals surface area contributed by atoms with Crippen LogP contribution in [0, 0.1) is 5.92 Å². The van der Waals surface area contributed by atoms with Gasteiger partial charge in [0.1, 0.15) is 0 Å². The molecular weight excluding hydrogens is 334 g/mol. The number of carbonyl (C=O) groups is 3. The Balaban J connectivity index is 1.92. The highest BCUT2D eigenvalue weighted by Crippen LogP contribution is 2.18. The maximum absolute atomic E-state index is 12.5. The second-order valence-electron chi connectivity index (χ2n) is 6.49. The lowest BCUT2D eigenvalue weighted by Crippen LogP contribution is -2.47. The van der Waals surface area contributed by atoms with Crippen LogP contribution in [-0.4, -0.2) is 60.9 Å². The molecule has 142 valence electrons. The Kier molecular flexibility index (Phi) is 7.15. The average Bonchev–Trinajstić information content (AvgIpc) is 2.67. The summed E-state index contributed by atoms with van der Waals surface area (Å²) in [7, 11) is 1.60. The van der Waals surface area contributed by atoms with Gasteiger partial charge in [-0.05, 0) is 37.5 Å². The van der Waals surface area contributed by atoms with E-state index in [0.717, 1.165) is 18.4 Å². The number of likely N-dealkylation sites (N-methyl/N-ethyl adjacent to an activating group) is 1. The number of nitrogens with two attached hydrogens (primary N) is 1. The highest BCUT2D eigenvalue weighted by atomic mass is 16.5. The molecule has 1 saturated heterocycles. The third-order valence-electron chi connectivity index (χ3n) is 4.55. The summed E-state index contributed by atoms with van der Waals surface area (Å²) in [5.74, 6) is -0.916. The van der Waals surface area contributed by atoms with Gasteiger partial charge in [-0.1, -0.05) is 12.1 Å². The van der Waals surface area contributed by atoms with Gasteiger partial charge in [-0.3, -0.25) is 14.4 Å². The number of hydrogen-bond donors (Lipinski definition) is 1. The van der Waals surface area contributed by atoms with Gasteiger partial charge in [0.15, 0.2) is 0 Å². The molecule has 1 aliphatic rings. The highest BCUT2D eigenvalue weighted by Gasteiger charge is 2.30. The molecule has 0 spiro atoms. The van der Waals surface area contributed by atoms with Crippen LogP contribution in [0.4, 0.5) is 0 Å². The summed E-state index contributed by atoms with van der Waals surface area (Å²) in [6, 6.07) is 7.03. The van der Waals surface area contributed by atoms with E-state index < -0.39 is 0 Å². The number of benzene rings is 1. The van der Waals surface area contributed by atoms with Gasteiger partial charge >= 0.3 is 5.97 Å². The quantitative estimate of drug-likeness (QED) is 0.764. The molecule has 2 N–H and O–H groups in total. The summed E-state index contributed by atoms with van der Waals surface area (Å²) in [4.78, 5) is 39.9. The van der Waals surface area contributed by atoms with E-state index in [2.05, 4.69) is 0 Å². The molecule has 1 unspecified atom stereocenters. The van der Waals surface area contributed by atoms with Gasteiger partial charge < -0.3 is 20.3 Å². The van der Waals surface area contributed by atoms with E-state index in [-0.39, 0.29) is 30.2 Å². The number of rotatable bonds is 6. The fourth-order valence-electron chi connectivity index (χ4n) is 3.03. The van der Waals surface area contributed by atoms with E-state index in [1.165, 1.54) is 4.90 Å². The Labute approximate surface area is 154 Å². The van der Waals surface area contributed by atoms with Crippen molar-refractivity contribution in [1.82, 2.24) is 9.80 Å². The number of ether oxygens (including phenoxy) is 1. The molecule has 0 aliphatic carbocycles. The number of piperidine rings is 1. The first kappa shape index (κ1) is 19.9. The van der Waals surface area contributed by atoms with Crippen molar-refractivity contribution < 1.29 is 19.1 Å². The second-order valence-corrected chi connectivity index (χ2v) is 6.49. The lowest BCUT2D eigenvalue weighted by Gasteiger charge is -2.32. The summed E-state index contributed by atoms with van der Waals surface area (Å²) >= 11 is 0. The van der Waals surface area contributed by atoms with Crippen molar-refractivity contribution in [3.05, 3.63) is 35.4 Å². The van der Waals surface area contributed by atoms with Gasteiger partial charge in [0.25, 0.3) is 5.91 Å². The number of nitrogens with zero attached hydrogens (tertiary/aromatic N) is 2. The molecule has 1 atom stereocenters. The fourth-order valence-corrected chi connectivity index (χ4v) is 3.03. The Morgan fingerprint density at radius 2 is 1.96 bits per heavy atom. The van der Waals surface area contributed by atoms with Gasteiger partial charge in [0.2, 0.25) is 5.91 Å². The number of amides is 2. The van der Waals surface area contributed by atoms with E-state index in [9.17, 15) is 14.4 Å². The SMILES string of the molecule is CCOC(=O)C1CCCN(C(=O)CN(C)C(=O)c2ccc(CN)cc2)C1. The van der Waals surface area contributed by atoms with Gasteiger partial charge in [0.05, 0.1) is 19.1 Å². The van der Waals surface area contributed by atoms with Crippen molar-refractivity contribution in [2.45, 2.75) is 26.3 Å². The minimum atomic E-state index is -0.280.